The maximum absolute atomic E-state index is 10.5. The second-order valence-electron chi connectivity index (χ2n) is 4.69. The molecule has 7 nitrogen and oxygen atoms in total. The van der Waals surface area contributed by atoms with E-state index in [4.69, 9.17) is 4.52 Å². The van der Waals surface area contributed by atoms with Crippen LogP contribution in [-0.4, -0.2) is 38.3 Å². The Morgan fingerprint density at radius 2 is 2.11 bits per heavy atom. The van der Waals surface area contributed by atoms with Crippen LogP contribution in [0.3, 0.4) is 0 Å². The molecule has 0 bridgehead atoms. The summed E-state index contributed by atoms with van der Waals surface area (Å²) in [6, 6.07) is 1.72. The lowest BCUT2D eigenvalue weighted by Gasteiger charge is -2.28. The van der Waals surface area contributed by atoms with Crippen molar-refractivity contribution in [3.05, 3.63) is 24.0 Å². The molecule has 3 rings (SSSR count). The smallest absolute Gasteiger partial charge is 0.259 e. The van der Waals surface area contributed by atoms with Gasteiger partial charge in [-0.2, -0.15) is 4.98 Å². The number of aryl methyl sites for hydroxylation is 1. The van der Waals surface area contributed by atoms with Gasteiger partial charge in [0.2, 0.25) is 5.82 Å². The summed E-state index contributed by atoms with van der Waals surface area (Å²) in [7, 11) is 0. The van der Waals surface area contributed by atoms with E-state index in [9.17, 15) is 5.11 Å². The average Bonchev–Trinajstić information content (AvgIpc) is 2.90. The van der Waals surface area contributed by atoms with Gasteiger partial charge in [-0.3, -0.25) is 0 Å². The normalized spacial score (nSPS) is 18.4. The zero-order chi connectivity index (χ0) is 13.3. The molecule has 1 fully saturated rings. The maximum Gasteiger partial charge on any atom is 0.259 e. The van der Waals surface area contributed by atoms with Crippen molar-refractivity contribution >= 4 is 0 Å². The van der Waals surface area contributed by atoms with Crippen molar-refractivity contribution in [2.45, 2.75) is 25.4 Å². The molecule has 0 radical (unpaired) electrons. The molecule has 2 aromatic heterocycles. The molecule has 0 saturated carbocycles. The first kappa shape index (κ1) is 12.2. The predicted molar refractivity (Wildman–Crippen MR) is 66.1 cm³/mol. The predicted octanol–water partition coefficient (Wildman–Crippen LogP) is 0.406. The molecule has 1 saturated heterocycles. The van der Waals surface area contributed by atoms with Gasteiger partial charge in [0.1, 0.15) is 17.1 Å². The Bertz CT molecular complexity index is 577. The van der Waals surface area contributed by atoms with Crippen LogP contribution >= 0.6 is 0 Å². The van der Waals surface area contributed by atoms with Crippen molar-refractivity contribution in [2.24, 2.45) is 0 Å². The second-order valence-corrected chi connectivity index (χ2v) is 4.69. The Hall–Kier alpha value is -1.86. The topological polar surface area (TPSA) is 97.0 Å². The molecule has 7 heteroatoms. The van der Waals surface area contributed by atoms with E-state index in [0.29, 0.717) is 30.2 Å². The van der Waals surface area contributed by atoms with Crippen LogP contribution in [-0.2, 0) is 5.60 Å². The van der Waals surface area contributed by atoms with Gasteiger partial charge >= 0.3 is 0 Å². The maximum atomic E-state index is 10.5. The van der Waals surface area contributed by atoms with Gasteiger partial charge in [-0.25, -0.2) is 9.97 Å². The van der Waals surface area contributed by atoms with E-state index in [0.717, 1.165) is 13.1 Å². The van der Waals surface area contributed by atoms with E-state index < -0.39 is 5.60 Å². The van der Waals surface area contributed by atoms with Crippen LogP contribution in [0.4, 0.5) is 0 Å². The summed E-state index contributed by atoms with van der Waals surface area (Å²) < 4.78 is 5.20. The molecule has 2 N–H and O–H groups in total. The van der Waals surface area contributed by atoms with E-state index in [1.54, 1.807) is 19.2 Å². The largest absolute Gasteiger partial charge is 0.380 e. The molecule has 0 atom stereocenters. The molecule has 0 spiro atoms. The first-order chi connectivity index (χ1) is 9.17. The van der Waals surface area contributed by atoms with Gasteiger partial charge in [0.15, 0.2) is 0 Å². The average molecular weight is 261 g/mol. The van der Waals surface area contributed by atoms with Crippen LogP contribution < -0.4 is 5.32 Å². The van der Waals surface area contributed by atoms with Crippen LogP contribution in [0.2, 0.25) is 0 Å². The fourth-order valence-corrected chi connectivity index (χ4v) is 2.15. The molecule has 0 unspecified atom stereocenters. The van der Waals surface area contributed by atoms with Crippen molar-refractivity contribution in [3.63, 3.8) is 0 Å². The highest BCUT2D eigenvalue weighted by Gasteiger charge is 2.37. The van der Waals surface area contributed by atoms with Crippen LogP contribution in [0.25, 0.3) is 11.5 Å². The number of aromatic nitrogens is 4. The summed E-state index contributed by atoms with van der Waals surface area (Å²) >= 11 is 0. The van der Waals surface area contributed by atoms with Crippen LogP contribution in [0.15, 0.2) is 16.8 Å². The van der Waals surface area contributed by atoms with E-state index in [2.05, 4.69) is 25.4 Å². The van der Waals surface area contributed by atoms with Crippen LogP contribution in [0.5, 0.6) is 0 Å². The lowest BCUT2D eigenvalue weighted by Crippen LogP contribution is -2.39. The third-order valence-electron chi connectivity index (χ3n) is 3.26. The molecule has 2 aromatic rings. The Morgan fingerprint density at radius 1 is 1.32 bits per heavy atom. The zero-order valence-corrected chi connectivity index (χ0v) is 10.6. The number of hydrogen-bond donors (Lipinski definition) is 2. The van der Waals surface area contributed by atoms with Crippen molar-refractivity contribution in [1.29, 1.82) is 0 Å². The number of piperidine rings is 1. The van der Waals surface area contributed by atoms with Gasteiger partial charge in [0, 0.05) is 6.20 Å². The SMILES string of the molecule is Cc1nccc(-c2noc(C3(O)CCNCC3)n2)n1. The third kappa shape index (κ3) is 2.34. The standard InChI is InChI=1S/C12H15N5O2/c1-8-14-5-2-9(15-8)10-16-11(19-17-10)12(18)3-6-13-7-4-12/h2,5,13,18H,3-4,6-7H2,1H3. The summed E-state index contributed by atoms with van der Waals surface area (Å²) in [6.45, 7) is 3.27. The quantitative estimate of drug-likeness (QED) is 0.807. The number of aliphatic hydroxyl groups is 1. The molecule has 100 valence electrons. The summed E-state index contributed by atoms with van der Waals surface area (Å²) in [5.74, 6) is 1.29. The molecular weight excluding hydrogens is 246 g/mol. The summed E-state index contributed by atoms with van der Waals surface area (Å²) in [5.41, 5.74) is -0.432. The minimum Gasteiger partial charge on any atom is -0.380 e. The van der Waals surface area contributed by atoms with Gasteiger partial charge in [0.25, 0.3) is 5.89 Å². The molecule has 1 aliphatic heterocycles. The Labute approximate surface area is 110 Å². The minimum atomic E-state index is -1.03. The highest BCUT2D eigenvalue weighted by molar-refractivity contribution is 5.47. The summed E-state index contributed by atoms with van der Waals surface area (Å²) in [5, 5.41) is 17.6. The zero-order valence-electron chi connectivity index (χ0n) is 10.6. The lowest BCUT2D eigenvalue weighted by molar-refractivity contribution is -0.0228. The highest BCUT2D eigenvalue weighted by atomic mass is 16.5. The third-order valence-corrected chi connectivity index (χ3v) is 3.26. The minimum absolute atomic E-state index is 0.264. The Balaban J connectivity index is 1.91. The Morgan fingerprint density at radius 3 is 2.84 bits per heavy atom. The fraction of sp³-hybridized carbons (Fsp3) is 0.500. The van der Waals surface area contributed by atoms with Gasteiger partial charge < -0.3 is 14.9 Å². The van der Waals surface area contributed by atoms with Gasteiger partial charge in [0.05, 0.1) is 0 Å². The summed E-state index contributed by atoms with van der Waals surface area (Å²) in [4.78, 5) is 12.5. The summed E-state index contributed by atoms with van der Waals surface area (Å²) in [6.07, 6.45) is 2.78. The Kier molecular flexibility index (Phi) is 3.00. The van der Waals surface area contributed by atoms with Crippen LogP contribution in [0.1, 0.15) is 24.6 Å². The monoisotopic (exact) mass is 261 g/mol. The van der Waals surface area contributed by atoms with E-state index in [1.807, 2.05) is 0 Å². The van der Waals surface area contributed by atoms with Crippen molar-refractivity contribution in [3.8, 4) is 11.5 Å². The number of nitrogens with one attached hydrogen (secondary N) is 1. The number of rotatable bonds is 2. The highest BCUT2D eigenvalue weighted by Crippen LogP contribution is 2.30. The fourth-order valence-electron chi connectivity index (χ4n) is 2.15. The molecular formula is C12H15N5O2. The van der Waals surface area contributed by atoms with Gasteiger partial charge in [-0.15, -0.1) is 0 Å². The molecule has 0 amide bonds. The molecule has 0 aromatic carbocycles. The molecule has 0 aliphatic carbocycles. The van der Waals surface area contributed by atoms with Crippen molar-refractivity contribution < 1.29 is 9.63 Å². The molecule has 3 heterocycles. The van der Waals surface area contributed by atoms with E-state index in [-0.39, 0.29) is 5.89 Å². The lowest BCUT2D eigenvalue weighted by atomic mass is 9.92. The van der Waals surface area contributed by atoms with Crippen LogP contribution in [0, 0.1) is 6.92 Å². The van der Waals surface area contributed by atoms with E-state index >= 15 is 0 Å². The second kappa shape index (κ2) is 4.67. The molecule has 1 aliphatic rings. The number of nitrogens with zero attached hydrogens (tertiary/aromatic N) is 4. The van der Waals surface area contributed by atoms with Gasteiger partial charge in [-0.1, -0.05) is 5.16 Å². The van der Waals surface area contributed by atoms with Crippen molar-refractivity contribution in [1.82, 2.24) is 25.4 Å². The van der Waals surface area contributed by atoms with Gasteiger partial charge in [-0.05, 0) is 38.9 Å². The molecule has 19 heavy (non-hydrogen) atoms. The van der Waals surface area contributed by atoms with E-state index in [1.165, 1.54) is 0 Å². The first-order valence-electron chi connectivity index (χ1n) is 6.25. The van der Waals surface area contributed by atoms with Crippen molar-refractivity contribution in [2.75, 3.05) is 13.1 Å². The first-order valence-corrected chi connectivity index (χ1v) is 6.25. The number of hydrogen-bond acceptors (Lipinski definition) is 7.